The number of amides is 1. The maximum Gasteiger partial charge on any atom is 0.318 e. The molecule has 9 nitrogen and oxygen atoms in total. The van der Waals surface area contributed by atoms with Crippen LogP contribution in [0.2, 0.25) is 0 Å². The summed E-state index contributed by atoms with van der Waals surface area (Å²) in [5.41, 5.74) is 5.05. The maximum atomic E-state index is 13.8. The van der Waals surface area contributed by atoms with Crippen molar-refractivity contribution >= 4 is 17.4 Å². The highest BCUT2D eigenvalue weighted by atomic mass is 19.1. The molecular weight excluding hydrogens is 557 g/mol. The average molecular weight is 602 g/mol. The van der Waals surface area contributed by atoms with E-state index in [-0.39, 0.29) is 11.8 Å². The third-order valence-electron chi connectivity index (χ3n) is 10.5. The van der Waals surface area contributed by atoms with E-state index in [1.54, 1.807) is 0 Å². The summed E-state index contributed by atoms with van der Waals surface area (Å²) in [6.07, 6.45) is 7.44. The Balaban J connectivity index is 1.25. The van der Waals surface area contributed by atoms with Gasteiger partial charge in [0.05, 0.1) is 24.2 Å². The Morgan fingerprint density at radius 2 is 1.91 bits per heavy atom. The fourth-order valence-electron chi connectivity index (χ4n) is 7.74. The fourth-order valence-corrected chi connectivity index (χ4v) is 7.74. The van der Waals surface area contributed by atoms with Gasteiger partial charge in [0.1, 0.15) is 12.4 Å². The van der Waals surface area contributed by atoms with E-state index in [0.29, 0.717) is 38.3 Å². The summed E-state index contributed by atoms with van der Waals surface area (Å²) in [6, 6.07) is 11.1. The van der Waals surface area contributed by atoms with E-state index in [1.807, 2.05) is 0 Å². The van der Waals surface area contributed by atoms with Crippen molar-refractivity contribution < 1.29 is 13.9 Å². The van der Waals surface area contributed by atoms with Gasteiger partial charge in [0.15, 0.2) is 5.83 Å². The molecule has 0 radical (unpaired) electrons. The molecule has 6 rings (SSSR count). The molecule has 234 valence electrons. The Hall–Kier alpha value is -3.71. The first-order chi connectivity index (χ1) is 21.3. The number of nitriles is 1. The summed E-state index contributed by atoms with van der Waals surface area (Å²) in [6.45, 7) is 10.2. The molecule has 3 fully saturated rings. The van der Waals surface area contributed by atoms with Crippen molar-refractivity contribution in [2.75, 3.05) is 62.7 Å². The smallest absolute Gasteiger partial charge is 0.318 e. The first-order valence-electron chi connectivity index (χ1n) is 16.1. The highest BCUT2D eigenvalue weighted by Crippen LogP contribution is 2.46. The van der Waals surface area contributed by atoms with Gasteiger partial charge in [-0.15, -0.1) is 0 Å². The number of carbonyl (C=O) groups is 1. The third kappa shape index (κ3) is 6.12. The van der Waals surface area contributed by atoms with Crippen LogP contribution in [0.3, 0.4) is 0 Å². The van der Waals surface area contributed by atoms with Gasteiger partial charge in [0.2, 0.25) is 0 Å². The maximum absolute atomic E-state index is 13.8. The number of anilines is 2. The second kappa shape index (κ2) is 12.7. The van der Waals surface area contributed by atoms with Crippen molar-refractivity contribution in [1.82, 2.24) is 19.8 Å². The van der Waals surface area contributed by atoms with Crippen LogP contribution in [0.15, 0.2) is 36.7 Å². The summed E-state index contributed by atoms with van der Waals surface area (Å²) in [5, 5.41) is 9.52. The number of ether oxygens (including phenoxy) is 1. The highest BCUT2D eigenvalue weighted by molar-refractivity contribution is 5.91. The van der Waals surface area contributed by atoms with Gasteiger partial charge in [0.25, 0.3) is 5.91 Å². The van der Waals surface area contributed by atoms with E-state index >= 15 is 0 Å². The van der Waals surface area contributed by atoms with Gasteiger partial charge in [-0.3, -0.25) is 4.79 Å². The summed E-state index contributed by atoms with van der Waals surface area (Å²) in [7, 11) is 2.13. The third-order valence-corrected chi connectivity index (χ3v) is 10.5. The number of piperazine rings is 1. The second-order valence-electron chi connectivity index (χ2n) is 13.2. The molecule has 0 N–H and O–H groups in total. The summed E-state index contributed by atoms with van der Waals surface area (Å²) in [5.74, 6) is -0.892. The number of likely N-dealkylation sites (N-methyl/N-ethyl adjacent to an activating group) is 1. The number of nitrogens with zero attached hydrogens (tertiary/aromatic N) is 7. The predicted octanol–water partition coefficient (Wildman–Crippen LogP) is 4.45. The molecule has 1 aromatic heterocycles. The zero-order valence-corrected chi connectivity index (χ0v) is 26.1. The normalized spacial score (nSPS) is 23.4. The Labute approximate surface area is 260 Å². The number of rotatable bonds is 7. The van der Waals surface area contributed by atoms with Crippen molar-refractivity contribution in [3.8, 4) is 12.1 Å². The van der Waals surface area contributed by atoms with Crippen LogP contribution in [0.4, 0.5) is 15.9 Å². The molecule has 3 aliphatic heterocycles. The molecule has 2 unspecified atom stereocenters. The van der Waals surface area contributed by atoms with E-state index < -0.39 is 17.8 Å². The number of likely N-dealkylation sites (tertiary alicyclic amines) is 1. The minimum Gasteiger partial charge on any atom is -0.462 e. The molecule has 2 aromatic rings. The molecule has 1 amide bonds. The lowest BCUT2D eigenvalue weighted by atomic mass is 9.67. The molecule has 4 aliphatic rings. The number of hydrogen-bond acceptors (Lipinski definition) is 8. The number of piperidine rings is 1. The highest BCUT2D eigenvalue weighted by Gasteiger charge is 2.41. The Kier molecular flexibility index (Phi) is 8.77. The lowest BCUT2D eigenvalue weighted by molar-refractivity contribution is -0.131. The quantitative estimate of drug-likeness (QED) is 0.431. The van der Waals surface area contributed by atoms with E-state index in [1.165, 1.54) is 16.2 Å². The fraction of sp³-hybridized carbons (Fsp3) is 0.588. The summed E-state index contributed by atoms with van der Waals surface area (Å²) in [4.78, 5) is 31.0. The molecule has 44 heavy (non-hydrogen) atoms. The largest absolute Gasteiger partial charge is 0.462 e. The zero-order chi connectivity index (χ0) is 30.8. The first-order valence-corrected chi connectivity index (χ1v) is 16.1. The van der Waals surface area contributed by atoms with Gasteiger partial charge in [0, 0.05) is 50.0 Å². The van der Waals surface area contributed by atoms with E-state index in [9.17, 15) is 14.4 Å². The Morgan fingerprint density at radius 1 is 1.11 bits per heavy atom. The van der Waals surface area contributed by atoms with Crippen molar-refractivity contribution in [2.24, 2.45) is 5.41 Å². The minimum atomic E-state index is -0.993. The molecule has 0 saturated carbocycles. The number of benzene rings is 1. The van der Waals surface area contributed by atoms with Crippen LogP contribution in [-0.4, -0.2) is 90.7 Å². The lowest BCUT2D eigenvalue weighted by Crippen LogP contribution is -2.55. The molecule has 1 aromatic carbocycles. The molecule has 0 bridgehead atoms. The number of hydrogen-bond donors (Lipinski definition) is 0. The zero-order valence-electron chi connectivity index (χ0n) is 26.1. The van der Waals surface area contributed by atoms with Crippen LogP contribution >= 0.6 is 0 Å². The Morgan fingerprint density at radius 3 is 2.61 bits per heavy atom. The predicted molar refractivity (Wildman–Crippen MR) is 168 cm³/mol. The molecule has 4 heterocycles. The summed E-state index contributed by atoms with van der Waals surface area (Å²) < 4.78 is 20.1. The van der Waals surface area contributed by atoms with Crippen molar-refractivity contribution in [1.29, 1.82) is 5.26 Å². The van der Waals surface area contributed by atoms with Gasteiger partial charge < -0.3 is 24.3 Å². The van der Waals surface area contributed by atoms with Gasteiger partial charge in [-0.2, -0.15) is 15.2 Å². The van der Waals surface area contributed by atoms with Crippen LogP contribution in [0.25, 0.3) is 0 Å². The molecule has 1 aliphatic carbocycles. The minimum absolute atomic E-state index is 0.112. The molecule has 10 heteroatoms. The molecular formula is C34H44FN7O2. The number of carbonyl (C=O) groups excluding carboxylic acids is 1. The lowest BCUT2D eigenvalue weighted by Gasteiger charge is -2.46. The molecule has 1 spiro atoms. The van der Waals surface area contributed by atoms with Gasteiger partial charge >= 0.3 is 6.01 Å². The Bertz CT molecular complexity index is 1430. The molecule has 3 saturated heterocycles. The topological polar surface area (TPSA) is 88.8 Å². The van der Waals surface area contributed by atoms with Gasteiger partial charge in [-0.05, 0) is 82.5 Å². The van der Waals surface area contributed by atoms with Crippen molar-refractivity contribution in [3.63, 3.8) is 0 Å². The molecule has 2 atom stereocenters. The average Bonchev–Trinajstić information content (AvgIpc) is 3.44. The van der Waals surface area contributed by atoms with Crippen LogP contribution < -0.4 is 14.5 Å². The van der Waals surface area contributed by atoms with E-state index in [2.05, 4.69) is 65.6 Å². The van der Waals surface area contributed by atoms with E-state index in [4.69, 9.17) is 14.7 Å². The number of halogens is 1. The van der Waals surface area contributed by atoms with Crippen molar-refractivity contribution in [3.05, 3.63) is 53.5 Å². The number of para-hydroxylation sites is 1. The standard InChI is InChI=1S/C34H44FN7O2/c1-24-7-4-5-9-30(24)40-17-13-34(14-18-40)12-10-28-29(21-34)37-33(44-23-27-8-6-16-39(27)3)38-31(28)41-19-20-42(32(43)25(2)35)26(22-41)11-15-36/h4-5,7,9,26-27H,2,6,8,10-14,16-23H2,1,3H3. The van der Waals surface area contributed by atoms with Crippen molar-refractivity contribution in [2.45, 2.75) is 70.4 Å². The number of aryl methyl sites for hydroxylation is 1. The van der Waals surface area contributed by atoms with Crippen LogP contribution in [0.5, 0.6) is 6.01 Å². The van der Waals surface area contributed by atoms with Gasteiger partial charge in [-0.1, -0.05) is 24.8 Å². The summed E-state index contributed by atoms with van der Waals surface area (Å²) >= 11 is 0. The van der Waals surface area contributed by atoms with E-state index in [0.717, 1.165) is 81.7 Å². The second-order valence-corrected chi connectivity index (χ2v) is 13.2. The van der Waals surface area contributed by atoms with Crippen LogP contribution in [-0.2, 0) is 17.6 Å². The first kappa shape index (κ1) is 30.3. The number of fused-ring (bicyclic) bond motifs is 1. The monoisotopic (exact) mass is 601 g/mol. The van der Waals surface area contributed by atoms with Crippen LogP contribution in [0, 0.1) is 23.7 Å². The SMILES string of the molecule is C=C(F)C(=O)N1CCN(c2nc(OCC3CCCN3C)nc3c2CCC2(CCN(c4ccccc4C)CC2)C3)CC1CC#N. The number of aromatic nitrogens is 2. The van der Waals surface area contributed by atoms with Crippen LogP contribution in [0.1, 0.15) is 55.3 Å². The van der Waals surface area contributed by atoms with Gasteiger partial charge in [-0.25, -0.2) is 4.39 Å².